The second-order valence-electron chi connectivity index (χ2n) is 2.85. The maximum Gasteiger partial charge on any atom is 0.331 e. The fourth-order valence-corrected chi connectivity index (χ4v) is 1.42. The van der Waals surface area contributed by atoms with E-state index < -0.39 is 5.97 Å². The van der Waals surface area contributed by atoms with Crippen LogP contribution in [0.3, 0.4) is 0 Å². The van der Waals surface area contributed by atoms with Gasteiger partial charge in [0.15, 0.2) is 0 Å². The average molecular weight is 171 g/mol. The van der Waals surface area contributed by atoms with E-state index in [9.17, 15) is 4.79 Å². The molecular weight excluding hydrogens is 163 g/mol. The SMILES string of the molecule is O=C(O)C1=Cc2ccccc2C1.[B]. The fourth-order valence-electron chi connectivity index (χ4n) is 1.42. The molecule has 2 rings (SSSR count). The lowest BCUT2D eigenvalue weighted by Gasteiger charge is -1.94. The topological polar surface area (TPSA) is 37.3 Å². The summed E-state index contributed by atoms with van der Waals surface area (Å²) in [6.07, 6.45) is 2.29. The first-order valence-corrected chi connectivity index (χ1v) is 3.79. The Balaban J connectivity index is 0.000000845. The van der Waals surface area contributed by atoms with Crippen molar-refractivity contribution >= 4 is 20.5 Å². The largest absolute Gasteiger partial charge is 0.478 e. The number of carboxylic acid groups (broad SMARTS) is 1. The Labute approximate surface area is 78.5 Å². The number of carbonyl (C=O) groups is 1. The molecule has 0 saturated carbocycles. The molecule has 1 aromatic carbocycles. The minimum Gasteiger partial charge on any atom is -0.478 e. The van der Waals surface area contributed by atoms with E-state index in [2.05, 4.69) is 0 Å². The van der Waals surface area contributed by atoms with Gasteiger partial charge < -0.3 is 5.11 Å². The van der Waals surface area contributed by atoms with E-state index in [-0.39, 0.29) is 8.41 Å². The Kier molecular flexibility index (Phi) is 2.56. The van der Waals surface area contributed by atoms with Crippen LogP contribution in [-0.4, -0.2) is 19.5 Å². The molecule has 0 amide bonds. The molecule has 0 spiro atoms. The molecule has 2 nitrogen and oxygen atoms in total. The number of aliphatic carboxylic acids is 1. The second-order valence-corrected chi connectivity index (χ2v) is 2.85. The van der Waals surface area contributed by atoms with E-state index in [0.29, 0.717) is 12.0 Å². The smallest absolute Gasteiger partial charge is 0.331 e. The summed E-state index contributed by atoms with van der Waals surface area (Å²) in [5.41, 5.74) is 2.63. The third-order valence-electron chi connectivity index (χ3n) is 2.04. The quantitative estimate of drug-likeness (QED) is 0.647. The van der Waals surface area contributed by atoms with Crippen molar-refractivity contribution in [3.8, 4) is 0 Å². The maximum atomic E-state index is 10.6. The van der Waals surface area contributed by atoms with Crippen molar-refractivity contribution < 1.29 is 9.90 Å². The Morgan fingerprint density at radius 3 is 2.62 bits per heavy atom. The van der Waals surface area contributed by atoms with Crippen molar-refractivity contribution in [3.63, 3.8) is 0 Å². The van der Waals surface area contributed by atoms with Gasteiger partial charge in [0.2, 0.25) is 0 Å². The van der Waals surface area contributed by atoms with Gasteiger partial charge in [-0.05, 0) is 17.2 Å². The summed E-state index contributed by atoms with van der Waals surface area (Å²) >= 11 is 0. The van der Waals surface area contributed by atoms with E-state index in [1.54, 1.807) is 6.08 Å². The molecule has 0 fully saturated rings. The summed E-state index contributed by atoms with van der Waals surface area (Å²) in [7, 11) is 0. The third kappa shape index (κ3) is 1.64. The van der Waals surface area contributed by atoms with Gasteiger partial charge in [0.25, 0.3) is 0 Å². The van der Waals surface area contributed by atoms with E-state index in [4.69, 9.17) is 5.11 Å². The zero-order valence-electron chi connectivity index (χ0n) is 7.03. The standard InChI is InChI=1S/C10H8O2.B/c11-10(12)9-5-7-3-1-2-4-8(7)6-9;/h1-5H,6H2,(H,11,12);. The molecule has 3 radical (unpaired) electrons. The Bertz CT molecular complexity index is 369. The number of benzene rings is 1. The number of hydrogen-bond acceptors (Lipinski definition) is 1. The van der Waals surface area contributed by atoms with Crippen LogP contribution in [0.15, 0.2) is 29.8 Å². The zero-order valence-corrected chi connectivity index (χ0v) is 7.03. The molecule has 0 bridgehead atoms. The van der Waals surface area contributed by atoms with E-state index in [1.165, 1.54) is 0 Å². The molecule has 3 heteroatoms. The van der Waals surface area contributed by atoms with Crippen molar-refractivity contribution in [2.24, 2.45) is 0 Å². The van der Waals surface area contributed by atoms with Gasteiger partial charge in [0.1, 0.15) is 0 Å². The van der Waals surface area contributed by atoms with E-state index in [0.717, 1.165) is 11.1 Å². The van der Waals surface area contributed by atoms with Crippen LogP contribution >= 0.6 is 0 Å². The van der Waals surface area contributed by atoms with Gasteiger partial charge in [-0.1, -0.05) is 24.3 Å². The molecule has 0 aliphatic heterocycles. The molecule has 0 saturated heterocycles. The first-order valence-electron chi connectivity index (χ1n) is 3.79. The van der Waals surface area contributed by atoms with Gasteiger partial charge in [-0.15, -0.1) is 0 Å². The van der Waals surface area contributed by atoms with Gasteiger partial charge in [0.05, 0.1) is 0 Å². The van der Waals surface area contributed by atoms with Gasteiger partial charge in [-0.2, -0.15) is 0 Å². The first-order chi connectivity index (χ1) is 5.77. The van der Waals surface area contributed by atoms with Gasteiger partial charge in [-0.3, -0.25) is 0 Å². The first kappa shape index (κ1) is 9.58. The van der Waals surface area contributed by atoms with Crippen LogP contribution in [0.1, 0.15) is 11.1 Å². The minimum absolute atomic E-state index is 0. The maximum absolute atomic E-state index is 10.6. The van der Waals surface area contributed by atoms with Crippen LogP contribution in [0.25, 0.3) is 6.08 Å². The van der Waals surface area contributed by atoms with Gasteiger partial charge >= 0.3 is 5.97 Å². The number of fused-ring (bicyclic) bond motifs is 1. The van der Waals surface area contributed by atoms with Crippen LogP contribution in [0, 0.1) is 0 Å². The van der Waals surface area contributed by atoms with Crippen LogP contribution in [0.2, 0.25) is 0 Å². The van der Waals surface area contributed by atoms with Crippen molar-refractivity contribution in [2.75, 3.05) is 0 Å². The third-order valence-corrected chi connectivity index (χ3v) is 2.04. The van der Waals surface area contributed by atoms with Crippen molar-refractivity contribution in [1.82, 2.24) is 0 Å². The monoisotopic (exact) mass is 171 g/mol. The van der Waals surface area contributed by atoms with Crippen molar-refractivity contribution in [1.29, 1.82) is 0 Å². The van der Waals surface area contributed by atoms with Crippen molar-refractivity contribution in [2.45, 2.75) is 6.42 Å². The van der Waals surface area contributed by atoms with Crippen molar-refractivity contribution in [3.05, 3.63) is 41.0 Å². The fraction of sp³-hybridized carbons (Fsp3) is 0.100. The molecule has 0 atom stereocenters. The average Bonchev–Trinajstić information content (AvgIpc) is 2.46. The highest BCUT2D eigenvalue weighted by Crippen LogP contribution is 2.24. The molecule has 63 valence electrons. The normalized spacial score (nSPS) is 12.8. The molecule has 13 heavy (non-hydrogen) atoms. The Morgan fingerprint density at radius 2 is 2.00 bits per heavy atom. The molecule has 1 aliphatic rings. The summed E-state index contributed by atoms with van der Waals surface area (Å²) in [4.78, 5) is 10.6. The highest BCUT2D eigenvalue weighted by Gasteiger charge is 2.16. The molecule has 0 unspecified atom stereocenters. The molecule has 1 aliphatic carbocycles. The Morgan fingerprint density at radius 1 is 1.31 bits per heavy atom. The highest BCUT2D eigenvalue weighted by atomic mass is 16.4. The molecule has 1 N–H and O–H groups in total. The zero-order chi connectivity index (χ0) is 8.55. The molecular formula is C10H8BO2. The number of rotatable bonds is 1. The van der Waals surface area contributed by atoms with Crippen LogP contribution in [0.4, 0.5) is 0 Å². The Hall–Kier alpha value is -1.51. The highest BCUT2D eigenvalue weighted by molar-refractivity contribution is 5.95. The summed E-state index contributed by atoms with van der Waals surface area (Å²) < 4.78 is 0. The summed E-state index contributed by atoms with van der Waals surface area (Å²) in [6, 6.07) is 7.74. The number of carboxylic acids is 1. The van der Waals surface area contributed by atoms with Crippen LogP contribution in [-0.2, 0) is 11.2 Å². The van der Waals surface area contributed by atoms with Gasteiger partial charge in [-0.25, -0.2) is 4.79 Å². The predicted molar refractivity (Wildman–Crippen MR) is 51.5 cm³/mol. The summed E-state index contributed by atoms with van der Waals surface area (Å²) in [5, 5.41) is 8.72. The second kappa shape index (κ2) is 3.48. The van der Waals surface area contributed by atoms with E-state index >= 15 is 0 Å². The molecule has 0 heterocycles. The lowest BCUT2D eigenvalue weighted by Crippen LogP contribution is -1.99. The number of hydrogen-bond donors (Lipinski definition) is 1. The molecule has 1 aromatic rings. The lowest BCUT2D eigenvalue weighted by molar-refractivity contribution is -0.132. The summed E-state index contributed by atoms with van der Waals surface area (Å²) in [5.74, 6) is -0.814. The molecule has 0 aromatic heterocycles. The van der Waals surface area contributed by atoms with Crippen LogP contribution in [0.5, 0.6) is 0 Å². The van der Waals surface area contributed by atoms with Gasteiger partial charge in [0, 0.05) is 20.4 Å². The van der Waals surface area contributed by atoms with Crippen LogP contribution < -0.4 is 0 Å². The lowest BCUT2D eigenvalue weighted by atomic mass is 10.1. The summed E-state index contributed by atoms with van der Waals surface area (Å²) in [6.45, 7) is 0. The van der Waals surface area contributed by atoms with E-state index in [1.807, 2.05) is 24.3 Å². The predicted octanol–water partition coefficient (Wildman–Crippen LogP) is 1.33. The minimum atomic E-state index is -0.814.